The van der Waals surface area contributed by atoms with Crippen molar-refractivity contribution in [3.8, 4) is 5.75 Å². The maximum atomic E-state index is 12.2. The summed E-state index contributed by atoms with van der Waals surface area (Å²) in [6.45, 7) is 4.92. The molecule has 0 aromatic heterocycles. The predicted octanol–water partition coefficient (Wildman–Crippen LogP) is 3.41. The summed E-state index contributed by atoms with van der Waals surface area (Å²) in [5.74, 6) is 0.416. The van der Waals surface area contributed by atoms with Gasteiger partial charge in [0.25, 0.3) is 0 Å². The Balaban J connectivity index is 2.07. The Bertz CT molecular complexity index is 912. The number of amides is 2. The molecule has 0 saturated heterocycles. The summed E-state index contributed by atoms with van der Waals surface area (Å²) in [5.41, 5.74) is 0.960. The van der Waals surface area contributed by atoms with Gasteiger partial charge in [-0.3, -0.25) is 9.59 Å². The van der Waals surface area contributed by atoms with Crippen molar-refractivity contribution in [1.29, 1.82) is 0 Å². The second-order valence-corrected chi connectivity index (χ2v) is 7.35. The van der Waals surface area contributed by atoms with Crippen molar-refractivity contribution in [2.24, 2.45) is 5.10 Å². The zero-order valence-electron chi connectivity index (χ0n) is 15.2. The Kier molecular flexibility index (Phi) is 4.91. The van der Waals surface area contributed by atoms with Gasteiger partial charge in [0.2, 0.25) is 11.8 Å². The third-order valence-electron chi connectivity index (χ3n) is 4.36. The van der Waals surface area contributed by atoms with Gasteiger partial charge in [0.1, 0.15) is 10.6 Å². The SMILES string of the molecule is CC[C@]1(c2ccc3cc(OC)ccc3c2)SC(NC(C)=O)=NN1C(C)=O. The third-order valence-corrected chi connectivity index (χ3v) is 5.77. The first-order valence-electron chi connectivity index (χ1n) is 8.34. The number of benzene rings is 2. The Labute approximate surface area is 156 Å². The third kappa shape index (κ3) is 3.14. The molecule has 3 rings (SSSR count). The zero-order valence-corrected chi connectivity index (χ0v) is 16.0. The molecular formula is C19H21N3O3S. The minimum absolute atomic E-state index is 0.172. The lowest BCUT2D eigenvalue weighted by atomic mass is 9.98. The molecule has 1 aliphatic rings. The van der Waals surface area contributed by atoms with E-state index < -0.39 is 4.87 Å². The van der Waals surface area contributed by atoms with Crippen molar-refractivity contribution >= 4 is 39.5 Å². The van der Waals surface area contributed by atoms with Crippen LogP contribution in [0, 0.1) is 0 Å². The van der Waals surface area contributed by atoms with Gasteiger partial charge in [-0.05, 0) is 41.0 Å². The summed E-state index contributed by atoms with van der Waals surface area (Å²) >= 11 is 1.39. The summed E-state index contributed by atoms with van der Waals surface area (Å²) in [6, 6.07) is 12.0. The number of hydrazone groups is 1. The molecule has 7 heteroatoms. The van der Waals surface area contributed by atoms with Crippen molar-refractivity contribution in [3.05, 3.63) is 42.0 Å². The van der Waals surface area contributed by atoms with Crippen LogP contribution >= 0.6 is 11.8 Å². The maximum Gasteiger partial charge on any atom is 0.241 e. The van der Waals surface area contributed by atoms with Gasteiger partial charge < -0.3 is 10.1 Å². The number of carbonyl (C=O) groups is 2. The molecule has 2 amide bonds. The highest BCUT2D eigenvalue weighted by Gasteiger charge is 2.46. The number of nitrogens with one attached hydrogen (secondary N) is 1. The molecule has 136 valence electrons. The number of nitrogens with zero attached hydrogens (tertiary/aromatic N) is 2. The fraction of sp³-hybridized carbons (Fsp3) is 0.316. The van der Waals surface area contributed by atoms with Gasteiger partial charge in [0.05, 0.1) is 7.11 Å². The minimum Gasteiger partial charge on any atom is -0.497 e. The van der Waals surface area contributed by atoms with Gasteiger partial charge >= 0.3 is 0 Å². The molecule has 0 unspecified atom stereocenters. The van der Waals surface area contributed by atoms with E-state index in [9.17, 15) is 9.59 Å². The van der Waals surface area contributed by atoms with Crippen LogP contribution in [-0.4, -0.2) is 29.1 Å². The molecule has 1 atom stereocenters. The second-order valence-electron chi connectivity index (χ2n) is 6.09. The molecule has 0 radical (unpaired) electrons. The predicted molar refractivity (Wildman–Crippen MR) is 104 cm³/mol. The highest BCUT2D eigenvalue weighted by Crippen LogP contribution is 2.48. The van der Waals surface area contributed by atoms with Crippen molar-refractivity contribution in [1.82, 2.24) is 10.3 Å². The van der Waals surface area contributed by atoms with E-state index in [0.29, 0.717) is 11.6 Å². The van der Waals surface area contributed by atoms with E-state index in [1.807, 2.05) is 37.3 Å². The summed E-state index contributed by atoms with van der Waals surface area (Å²) < 4.78 is 5.28. The smallest absolute Gasteiger partial charge is 0.241 e. The molecular weight excluding hydrogens is 350 g/mol. The monoisotopic (exact) mass is 371 g/mol. The Morgan fingerprint density at radius 3 is 2.50 bits per heavy atom. The van der Waals surface area contributed by atoms with E-state index in [1.165, 1.54) is 30.6 Å². The fourth-order valence-electron chi connectivity index (χ4n) is 3.12. The van der Waals surface area contributed by atoms with E-state index in [-0.39, 0.29) is 11.8 Å². The topological polar surface area (TPSA) is 71.0 Å². The molecule has 0 spiro atoms. The largest absolute Gasteiger partial charge is 0.497 e. The first-order chi connectivity index (χ1) is 12.4. The lowest BCUT2D eigenvalue weighted by Gasteiger charge is -2.34. The Morgan fingerprint density at radius 2 is 1.88 bits per heavy atom. The molecule has 1 aliphatic heterocycles. The van der Waals surface area contributed by atoms with Gasteiger partial charge in [-0.1, -0.05) is 36.9 Å². The molecule has 6 nitrogen and oxygen atoms in total. The molecule has 0 aliphatic carbocycles. The van der Waals surface area contributed by atoms with Crippen molar-refractivity contribution in [3.63, 3.8) is 0 Å². The normalized spacial score (nSPS) is 19.4. The van der Waals surface area contributed by atoms with Gasteiger partial charge in [-0.25, -0.2) is 5.01 Å². The minimum atomic E-state index is -0.683. The molecule has 1 heterocycles. The van der Waals surface area contributed by atoms with Crippen LogP contribution in [0.1, 0.15) is 32.8 Å². The van der Waals surface area contributed by atoms with E-state index >= 15 is 0 Å². The van der Waals surface area contributed by atoms with Crippen LogP contribution in [0.3, 0.4) is 0 Å². The van der Waals surface area contributed by atoms with E-state index in [1.54, 1.807) is 7.11 Å². The molecule has 26 heavy (non-hydrogen) atoms. The summed E-state index contributed by atoms with van der Waals surface area (Å²) in [5, 5.41) is 11.1. The average Bonchev–Trinajstić information content (AvgIpc) is 3.00. The van der Waals surface area contributed by atoms with Crippen LogP contribution in [0.5, 0.6) is 5.75 Å². The first-order valence-corrected chi connectivity index (χ1v) is 9.15. The summed E-state index contributed by atoms with van der Waals surface area (Å²) in [6.07, 6.45) is 0.644. The van der Waals surface area contributed by atoms with Crippen LogP contribution in [0.25, 0.3) is 10.8 Å². The quantitative estimate of drug-likeness (QED) is 0.897. The number of hydrogen-bond donors (Lipinski definition) is 1. The zero-order chi connectivity index (χ0) is 18.9. The van der Waals surface area contributed by atoms with Crippen LogP contribution in [0.4, 0.5) is 0 Å². The average molecular weight is 371 g/mol. The Hall–Kier alpha value is -2.54. The number of methoxy groups -OCH3 is 1. The number of rotatable bonds is 3. The van der Waals surface area contributed by atoms with E-state index in [4.69, 9.17) is 4.74 Å². The molecule has 0 fully saturated rings. The van der Waals surface area contributed by atoms with Crippen LogP contribution in [0.2, 0.25) is 0 Å². The summed E-state index contributed by atoms with van der Waals surface area (Å²) in [7, 11) is 1.64. The lowest BCUT2D eigenvalue weighted by molar-refractivity contribution is -0.132. The summed E-state index contributed by atoms with van der Waals surface area (Å²) in [4.78, 5) is 23.0. The molecule has 2 aromatic rings. The van der Waals surface area contributed by atoms with Gasteiger partial charge in [-0.2, -0.15) is 0 Å². The van der Waals surface area contributed by atoms with Gasteiger partial charge in [-0.15, -0.1) is 5.10 Å². The van der Waals surface area contributed by atoms with Crippen LogP contribution < -0.4 is 10.1 Å². The lowest BCUT2D eigenvalue weighted by Crippen LogP contribution is -2.39. The Morgan fingerprint density at radius 1 is 1.19 bits per heavy atom. The number of carbonyl (C=O) groups excluding carboxylic acids is 2. The molecule has 2 aromatic carbocycles. The number of thioether (sulfide) groups is 1. The molecule has 0 saturated carbocycles. The van der Waals surface area contributed by atoms with E-state index in [0.717, 1.165) is 22.1 Å². The fourth-order valence-corrected chi connectivity index (χ4v) is 4.40. The van der Waals surface area contributed by atoms with Crippen molar-refractivity contribution in [2.75, 3.05) is 7.11 Å². The maximum absolute atomic E-state index is 12.2. The van der Waals surface area contributed by atoms with Crippen LogP contribution in [0.15, 0.2) is 41.5 Å². The van der Waals surface area contributed by atoms with Crippen molar-refractivity contribution < 1.29 is 14.3 Å². The molecule has 1 N–H and O–H groups in total. The number of fused-ring (bicyclic) bond motifs is 1. The number of hydrogen-bond acceptors (Lipinski definition) is 5. The van der Waals surface area contributed by atoms with Gasteiger partial charge in [0, 0.05) is 13.8 Å². The van der Waals surface area contributed by atoms with Crippen LogP contribution in [-0.2, 0) is 14.5 Å². The second kappa shape index (κ2) is 6.99. The number of ether oxygens (including phenoxy) is 1. The molecule has 0 bridgehead atoms. The van der Waals surface area contributed by atoms with Gasteiger partial charge in [0.15, 0.2) is 5.17 Å². The highest BCUT2D eigenvalue weighted by atomic mass is 32.2. The highest BCUT2D eigenvalue weighted by molar-refractivity contribution is 8.14. The van der Waals surface area contributed by atoms with Crippen molar-refractivity contribution in [2.45, 2.75) is 32.1 Å². The van der Waals surface area contributed by atoms with E-state index in [2.05, 4.69) is 16.5 Å². The standard InChI is InChI=1S/C19H21N3O3S/c1-5-19(22(13(3)24)21-18(26-19)20-12(2)23)16-8-6-15-11-17(25-4)9-7-14(15)10-16/h6-11H,5H2,1-4H3,(H,20,21,23)/t19-/m1/s1. The number of amidine groups is 1. The first kappa shape index (κ1) is 18.3.